The maximum Gasteiger partial charge on any atom is 0.224 e. The van der Waals surface area contributed by atoms with Crippen LogP contribution in [-0.2, 0) is 0 Å². The first-order chi connectivity index (χ1) is 7.00. The van der Waals surface area contributed by atoms with E-state index in [2.05, 4.69) is 25.9 Å². The average molecular weight is 330 g/mol. The fourth-order valence-electron chi connectivity index (χ4n) is 1.14. The van der Waals surface area contributed by atoms with Crippen LogP contribution in [0.1, 0.15) is 0 Å². The molecular formula is C8HBrCl3FN2. The van der Waals surface area contributed by atoms with Gasteiger partial charge >= 0.3 is 0 Å². The van der Waals surface area contributed by atoms with Gasteiger partial charge in [-0.1, -0.05) is 23.2 Å². The van der Waals surface area contributed by atoms with E-state index in [1.165, 1.54) is 6.07 Å². The maximum absolute atomic E-state index is 13.6. The van der Waals surface area contributed by atoms with Gasteiger partial charge in [0.25, 0.3) is 0 Å². The summed E-state index contributed by atoms with van der Waals surface area (Å²) in [6.07, 6.45) is 0. The third-order valence-corrected chi connectivity index (χ3v) is 3.09. The molecule has 1 heterocycles. The number of aromatic nitrogens is 2. The smallest absolute Gasteiger partial charge is 0.215 e. The Hall–Kier alpha value is -0.160. The predicted molar refractivity (Wildman–Crippen MR) is 62.2 cm³/mol. The Bertz CT molecular complexity index is 553. The Kier molecular flexibility index (Phi) is 3.03. The minimum atomic E-state index is -0.666. The van der Waals surface area contributed by atoms with Crippen LogP contribution >= 0.6 is 50.7 Å². The van der Waals surface area contributed by atoms with E-state index in [9.17, 15) is 4.39 Å². The lowest BCUT2D eigenvalue weighted by atomic mass is 10.2. The maximum atomic E-state index is 13.6. The van der Waals surface area contributed by atoms with Gasteiger partial charge in [-0.3, -0.25) is 0 Å². The van der Waals surface area contributed by atoms with E-state index in [0.29, 0.717) is 9.86 Å². The van der Waals surface area contributed by atoms with Crippen molar-refractivity contribution in [2.24, 2.45) is 0 Å². The molecule has 0 aliphatic heterocycles. The molecule has 0 unspecified atom stereocenters. The highest BCUT2D eigenvalue weighted by Gasteiger charge is 2.15. The van der Waals surface area contributed by atoms with Crippen molar-refractivity contribution in [1.82, 2.24) is 9.97 Å². The number of halogens is 5. The Morgan fingerprint density at radius 3 is 2.53 bits per heavy atom. The van der Waals surface area contributed by atoms with Crippen LogP contribution in [0.2, 0.25) is 15.5 Å². The highest BCUT2D eigenvalue weighted by Crippen LogP contribution is 2.34. The molecule has 0 atom stereocenters. The van der Waals surface area contributed by atoms with Crippen LogP contribution in [0.25, 0.3) is 10.9 Å². The van der Waals surface area contributed by atoms with Gasteiger partial charge in [0.05, 0.1) is 10.4 Å². The molecule has 1 aromatic carbocycles. The van der Waals surface area contributed by atoms with Gasteiger partial charge in [-0.25, -0.2) is 14.4 Å². The molecule has 0 fully saturated rings. The van der Waals surface area contributed by atoms with Crippen molar-refractivity contribution in [3.63, 3.8) is 0 Å². The molecule has 0 spiro atoms. The minimum absolute atomic E-state index is 0.000579. The first-order valence-electron chi connectivity index (χ1n) is 3.67. The highest BCUT2D eigenvalue weighted by atomic mass is 79.9. The molecule has 0 aliphatic rings. The standard InChI is InChI=1S/C8HBrCl3FN2/c9-2-1-3(10)5(13)6-4(2)7(11)15-8(12)14-6/h1H. The Balaban J connectivity index is 3.02. The van der Waals surface area contributed by atoms with Gasteiger partial charge < -0.3 is 0 Å². The summed E-state index contributed by atoms with van der Waals surface area (Å²) in [5.41, 5.74) is -0.000579. The fraction of sp³-hybridized carbons (Fsp3) is 0. The van der Waals surface area contributed by atoms with Crippen LogP contribution in [0, 0.1) is 5.82 Å². The van der Waals surface area contributed by atoms with E-state index in [4.69, 9.17) is 34.8 Å². The number of hydrogen-bond donors (Lipinski definition) is 0. The molecule has 0 saturated carbocycles. The molecule has 0 radical (unpaired) electrons. The monoisotopic (exact) mass is 328 g/mol. The van der Waals surface area contributed by atoms with Crippen molar-refractivity contribution in [3.8, 4) is 0 Å². The summed E-state index contributed by atoms with van der Waals surface area (Å²) >= 11 is 20.2. The SMILES string of the molecule is Fc1c(Cl)cc(Br)c2c(Cl)nc(Cl)nc12. The molecule has 7 heteroatoms. The van der Waals surface area contributed by atoms with Gasteiger partial charge in [0, 0.05) is 4.47 Å². The van der Waals surface area contributed by atoms with Crippen LogP contribution in [0.3, 0.4) is 0 Å². The molecule has 2 aromatic rings. The number of benzene rings is 1. The summed E-state index contributed by atoms with van der Waals surface area (Å²) < 4.78 is 14.1. The van der Waals surface area contributed by atoms with Gasteiger partial charge in [0.15, 0.2) is 5.82 Å². The fourth-order valence-corrected chi connectivity index (χ4v) is 2.67. The van der Waals surface area contributed by atoms with Gasteiger partial charge in [-0.2, -0.15) is 0 Å². The third kappa shape index (κ3) is 1.91. The van der Waals surface area contributed by atoms with E-state index in [1.807, 2.05) is 0 Å². The number of hydrogen-bond acceptors (Lipinski definition) is 2. The lowest BCUT2D eigenvalue weighted by molar-refractivity contribution is 0.636. The topological polar surface area (TPSA) is 25.8 Å². The van der Waals surface area contributed by atoms with Crippen molar-refractivity contribution < 1.29 is 4.39 Å². The molecule has 15 heavy (non-hydrogen) atoms. The second kappa shape index (κ2) is 4.01. The van der Waals surface area contributed by atoms with Crippen LogP contribution in [0.5, 0.6) is 0 Å². The van der Waals surface area contributed by atoms with Crippen LogP contribution < -0.4 is 0 Å². The molecule has 0 bridgehead atoms. The molecule has 2 rings (SSSR count). The molecule has 2 nitrogen and oxygen atoms in total. The zero-order valence-corrected chi connectivity index (χ0v) is 10.7. The van der Waals surface area contributed by atoms with Gasteiger partial charge in [-0.05, 0) is 33.6 Å². The summed E-state index contributed by atoms with van der Waals surface area (Å²) in [4.78, 5) is 7.45. The lowest BCUT2D eigenvalue weighted by Crippen LogP contribution is -1.92. The first kappa shape index (κ1) is 11.3. The quantitative estimate of drug-likeness (QED) is 0.404. The lowest BCUT2D eigenvalue weighted by Gasteiger charge is -2.05. The second-order valence-electron chi connectivity index (χ2n) is 2.66. The number of rotatable bonds is 0. The van der Waals surface area contributed by atoms with Crippen LogP contribution in [-0.4, -0.2) is 9.97 Å². The molecular weight excluding hydrogens is 329 g/mol. The summed E-state index contributed by atoms with van der Waals surface area (Å²) in [6, 6.07) is 1.39. The van der Waals surface area contributed by atoms with E-state index in [0.717, 1.165) is 0 Å². The number of fused-ring (bicyclic) bond motifs is 1. The van der Waals surface area contributed by atoms with Crippen molar-refractivity contribution in [3.05, 3.63) is 31.8 Å². The van der Waals surface area contributed by atoms with Gasteiger partial charge in [0.2, 0.25) is 5.28 Å². The first-order valence-corrected chi connectivity index (χ1v) is 5.59. The third-order valence-electron chi connectivity index (χ3n) is 1.75. The predicted octanol–water partition coefficient (Wildman–Crippen LogP) is 4.49. The Labute approximate surface area is 107 Å². The summed E-state index contributed by atoms with van der Waals surface area (Å²) in [7, 11) is 0. The van der Waals surface area contributed by atoms with Crippen LogP contribution in [0.4, 0.5) is 4.39 Å². The average Bonchev–Trinajstić information content (AvgIpc) is 2.12. The summed E-state index contributed by atoms with van der Waals surface area (Å²) in [5.74, 6) is -0.666. The zero-order chi connectivity index (χ0) is 11.2. The minimum Gasteiger partial charge on any atom is -0.215 e. The Morgan fingerprint density at radius 1 is 1.20 bits per heavy atom. The summed E-state index contributed by atoms with van der Waals surface area (Å²) in [5, 5.41) is 0.246. The molecule has 78 valence electrons. The Morgan fingerprint density at radius 2 is 1.87 bits per heavy atom. The normalized spacial score (nSPS) is 11.0. The van der Waals surface area contributed by atoms with Crippen molar-refractivity contribution in [2.75, 3.05) is 0 Å². The van der Waals surface area contributed by atoms with Crippen LogP contribution in [0.15, 0.2) is 10.5 Å². The van der Waals surface area contributed by atoms with Crippen molar-refractivity contribution in [1.29, 1.82) is 0 Å². The van der Waals surface area contributed by atoms with E-state index in [1.54, 1.807) is 0 Å². The largest absolute Gasteiger partial charge is 0.224 e. The number of nitrogens with zero attached hydrogens (tertiary/aromatic N) is 2. The second-order valence-corrected chi connectivity index (χ2v) is 4.62. The van der Waals surface area contributed by atoms with Gasteiger partial charge in [-0.15, -0.1) is 0 Å². The molecule has 0 aliphatic carbocycles. The van der Waals surface area contributed by atoms with Gasteiger partial charge in [0.1, 0.15) is 10.7 Å². The molecule has 0 saturated heterocycles. The van der Waals surface area contributed by atoms with Crippen molar-refractivity contribution in [2.45, 2.75) is 0 Å². The van der Waals surface area contributed by atoms with Crippen molar-refractivity contribution >= 4 is 61.6 Å². The highest BCUT2D eigenvalue weighted by molar-refractivity contribution is 9.10. The molecule has 0 N–H and O–H groups in total. The zero-order valence-electron chi connectivity index (χ0n) is 6.86. The van der Waals surface area contributed by atoms with E-state index in [-0.39, 0.29) is 21.0 Å². The molecule has 1 aromatic heterocycles. The summed E-state index contributed by atoms with van der Waals surface area (Å²) in [6.45, 7) is 0. The van der Waals surface area contributed by atoms with E-state index < -0.39 is 5.82 Å². The molecule has 0 amide bonds. The van der Waals surface area contributed by atoms with E-state index >= 15 is 0 Å².